The Bertz CT molecular complexity index is 707. The van der Waals surface area contributed by atoms with Gasteiger partial charge in [0.15, 0.2) is 0 Å². The van der Waals surface area contributed by atoms with E-state index in [-0.39, 0.29) is 18.7 Å². The van der Waals surface area contributed by atoms with Gasteiger partial charge < -0.3 is 20.1 Å². The largest absolute Gasteiger partial charge is 0.491 e. The van der Waals surface area contributed by atoms with Crippen molar-refractivity contribution >= 4 is 12.0 Å². The van der Waals surface area contributed by atoms with E-state index in [1.807, 2.05) is 45.0 Å². The first-order valence-corrected chi connectivity index (χ1v) is 8.26. The molecule has 6 nitrogen and oxygen atoms in total. The lowest BCUT2D eigenvalue weighted by Gasteiger charge is -2.29. The van der Waals surface area contributed by atoms with Gasteiger partial charge in [-0.15, -0.1) is 0 Å². The number of carbonyl (C=O) groups excluding carboxylic acids is 2. The number of para-hydroxylation sites is 1. The first-order valence-electron chi connectivity index (χ1n) is 8.26. The monoisotopic (exact) mass is 344 g/mol. The highest BCUT2D eigenvalue weighted by Gasteiger charge is 2.33. The fraction of sp³-hybridized carbons (Fsp3) is 0.368. The Balaban J connectivity index is 2.41. The zero-order valence-corrected chi connectivity index (χ0v) is 15.0. The molecule has 0 aromatic heterocycles. The van der Waals surface area contributed by atoms with Crippen molar-refractivity contribution in [2.45, 2.75) is 39.8 Å². The fourth-order valence-corrected chi connectivity index (χ4v) is 2.58. The third-order valence-electron chi connectivity index (χ3n) is 3.63. The number of esters is 1. The normalized spacial score (nSPS) is 17.5. The minimum Gasteiger partial charge on any atom is -0.491 e. The summed E-state index contributed by atoms with van der Waals surface area (Å²) < 4.78 is 11.1. The van der Waals surface area contributed by atoms with Crippen LogP contribution in [0.3, 0.4) is 0 Å². The average Bonchev–Trinajstić information content (AvgIpc) is 2.54. The van der Waals surface area contributed by atoms with Gasteiger partial charge in [-0.05, 0) is 33.8 Å². The van der Waals surface area contributed by atoms with Crippen molar-refractivity contribution in [3.8, 4) is 5.75 Å². The quantitative estimate of drug-likeness (QED) is 0.614. The molecule has 0 spiro atoms. The first-order chi connectivity index (χ1) is 11.9. The van der Waals surface area contributed by atoms with Crippen LogP contribution >= 0.6 is 0 Å². The SMILES string of the molecule is C/C=C\COC(=O)C1=C(C)NC(=O)N[C@@H]1c1ccccc1OC(C)C. The lowest BCUT2D eigenvalue weighted by atomic mass is 9.95. The topological polar surface area (TPSA) is 76.7 Å². The molecule has 0 saturated heterocycles. The summed E-state index contributed by atoms with van der Waals surface area (Å²) in [4.78, 5) is 24.5. The van der Waals surface area contributed by atoms with E-state index in [1.54, 1.807) is 19.1 Å². The van der Waals surface area contributed by atoms with Gasteiger partial charge in [0.05, 0.1) is 17.7 Å². The molecule has 2 N–H and O–H groups in total. The maximum Gasteiger partial charge on any atom is 0.338 e. The Morgan fingerprint density at radius 3 is 2.72 bits per heavy atom. The van der Waals surface area contributed by atoms with Crippen LogP contribution in [0, 0.1) is 0 Å². The molecule has 134 valence electrons. The first kappa shape index (κ1) is 18.6. The number of amides is 2. The number of nitrogens with one attached hydrogen (secondary N) is 2. The Morgan fingerprint density at radius 2 is 2.04 bits per heavy atom. The Labute approximate surface area is 147 Å². The van der Waals surface area contributed by atoms with E-state index in [2.05, 4.69) is 10.6 Å². The molecule has 1 aliphatic rings. The molecule has 1 heterocycles. The third kappa shape index (κ3) is 4.62. The van der Waals surface area contributed by atoms with Crippen LogP contribution in [0.4, 0.5) is 4.79 Å². The van der Waals surface area contributed by atoms with Crippen molar-refractivity contribution in [2.24, 2.45) is 0 Å². The number of carbonyl (C=O) groups is 2. The predicted octanol–water partition coefficient (Wildman–Crippen LogP) is 3.22. The van der Waals surface area contributed by atoms with Crippen molar-refractivity contribution in [1.82, 2.24) is 10.6 Å². The molecular formula is C19H24N2O4. The molecule has 0 aliphatic carbocycles. The van der Waals surface area contributed by atoms with E-state index in [9.17, 15) is 9.59 Å². The van der Waals surface area contributed by atoms with Crippen molar-refractivity contribution in [3.05, 3.63) is 53.3 Å². The second kappa shape index (κ2) is 8.37. The number of ether oxygens (including phenoxy) is 2. The van der Waals surface area contributed by atoms with E-state index in [4.69, 9.17) is 9.47 Å². The van der Waals surface area contributed by atoms with Crippen LogP contribution in [0.2, 0.25) is 0 Å². The highest BCUT2D eigenvalue weighted by molar-refractivity contribution is 5.95. The second-order valence-electron chi connectivity index (χ2n) is 5.94. The van der Waals surface area contributed by atoms with E-state index < -0.39 is 12.0 Å². The number of hydrogen-bond donors (Lipinski definition) is 2. The van der Waals surface area contributed by atoms with Crippen LogP contribution in [0.5, 0.6) is 5.75 Å². The standard InChI is InChI=1S/C19H24N2O4/c1-5-6-11-24-18(22)16-13(4)20-19(23)21-17(16)14-9-7-8-10-15(14)25-12(2)3/h5-10,12,17H,11H2,1-4H3,(H2,20,21,23)/b6-5-/t17-/m1/s1. The van der Waals surface area contributed by atoms with Crippen LogP contribution in [-0.4, -0.2) is 24.7 Å². The number of rotatable bonds is 6. The maximum atomic E-state index is 12.6. The molecule has 1 aliphatic heterocycles. The Morgan fingerprint density at radius 1 is 1.32 bits per heavy atom. The summed E-state index contributed by atoms with van der Waals surface area (Å²) in [5.41, 5.74) is 1.55. The van der Waals surface area contributed by atoms with E-state index in [1.165, 1.54) is 0 Å². The zero-order chi connectivity index (χ0) is 18.4. The summed E-state index contributed by atoms with van der Waals surface area (Å²) in [6.07, 6.45) is 3.51. The van der Waals surface area contributed by atoms with E-state index in [0.29, 0.717) is 22.6 Å². The summed E-state index contributed by atoms with van der Waals surface area (Å²) in [5, 5.41) is 5.42. The van der Waals surface area contributed by atoms with Crippen LogP contribution in [0.15, 0.2) is 47.7 Å². The predicted molar refractivity (Wildman–Crippen MR) is 95.1 cm³/mol. The fourth-order valence-electron chi connectivity index (χ4n) is 2.58. The average molecular weight is 344 g/mol. The minimum absolute atomic E-state index is 0.0336. The summed E-state index contributed by atoms with van der Waals surface area (Å²) in [6.45, 7) is 7.56. The van der Waals surface area contributed by atoms with Crippen molar-refractivity contribution in [1.29, 1.82) is 0 Å². The lowest BCUT2D eigenvalue weighted by molar-refractivity contribution is -0.138. The van der Waals surface area contributed by atoms with Gasteiger partial charge in [0, 0.05) is 11.3 Å². The van der Waals surface area contributed by atoms with Gasteiger partial charge in [-0.3, -0.25) is 0 Å². The molecule has 0 unspecified atom stereocenters. The number of hydrogen-bond acceptors (Lipinski definition) is 4. The second-order valence-corrected chi connectivity index (χ2v) is 5.94. The Hall–Kier alpha value is -2.76. The van der Waals surface area contributed by atoms with Gasteiger partial charge in [0.2, 0.25) is 0 Å². The summed E-state index contributed by atoms with van der Waals surface area (Å²) in [7, 11) is 0. The summed E-state index contributed by atoms with van der Waals surface area (Å²) in [6, 6.07) is 6.34. The zero-order valence-electron chi connectivity index (χ0n) is 15.0. The van der Waals surface area contributed by atoms with Crippen molar-refractivity contribution < 1.29 is 19.1 Å². The van der Waals surface area contributed by atoms with Crippen LogP contribution in [-0.2, 0) is 9.53 Å². The summed E-state index contributed by atoms with van der Waals surface area (Å²) >= 11 is 0. The van der Waals surface area contributed by atoms with Gasteiger partial charge in [0.1, 0.15) is 12.4 Å². The van der Waals surface area contributed by atoms with Gasteiger partial charge in [0.25, 0.3) is 0 Å². The number of allylic oxidation sites excluding steroid dienone is 2. The highest BCUT2D eigenvalue weighted by Crippen LogP contribution is 2.33. The molecule has 1 aromatic rings. The third-order valence-corrected chi connectivity index (χ3v) is 3.63. The van der Waals surface area contributed by atoms with Crippen molar-refractivity contribution in [2.75, 3.05) is 6.61 Å². The molecule has 2 rings (SSSR count). The van der Waals surface area contributed by atoms with Gasteiger partial charge in [-0.1, -0.05) is 30.4 Å². The highest BCUT2D eigenvalue weighted by atomic mass is 16.5. The maximum absolute atomic E-state index is 12.6. The van der Waals surface area contributed by atoms with E-state index in [0.717, 1.165) is 0 Å². The number of urea groups is 1. The molecule has 6 heteroatoms. The molecule has 0 fully saturated rings. The molecule has 0 saturated carbocycles. The van der Waals surface area contributed by atoms with Gasteiger partial charge >= 0.3 is 12.0 Å². The molecular weight excluding hydrogens is 320 g/mol. The molecule has 0 bridgehead atoms. The Kier molecular flexibility index (Phi) is 6.22. The lowest BCUT2D eigenvalue weighted by Crippen LogP contribution is -2.45. The van der Waals surface area contributed by atoms with E-state index >= 15 is 0 Å². The van der Waals surface area contributed by atoms with Gasteiger partial charge in [-0.25, -0.2) is 9.59 Å². The van der Waals surface area contributed by atoms with Crippen LogP contribution in [0.1, 0.15) is 39.3 Å². The van der Waals surface area contributed by atoms with Gasteiger partial charge in [-0.2, -0.15) is 0 Å². The molecule has 1 aromatic carbocycles. The molecule has 2 amide bonds. The van der Waals surface area contributed by atoms with Crippen LogP contribution in [0.25, 0.3) is 0 Å². The summed E-state index contributed by atoms with van der Waals surface area (Å²) in [5.74, 6) is 0.142. The van der Waals surface area contributed by atoms with Crippen molar-refractivity contribution in [3.63, 3.8) is 0 Å². The van der Waals surface area contributed by atoms with Crippen LogP contribution < -0.4 is 15.4 Å². The molecule has 1 atom stereocenters. The smallest absolute Gasteiger partial charge is 0.338 e. The molecule has 0 radical (unpaired) electrons. The minimum atomic E-state index is -0.637. The molecule has 25 heavy (non-hydrogen) atoms. The number of benzene rings is 1.